The van der Waals surface area contributed by atoms with Gasteiger partial charge < -0.3 is 14.4 Å². The number of amides is 1. The van der Waals surface area contributed by atoms with Gasteiger partial charge in [0.05, 0.1) is 19.9 Å². The van der Waals surface area contributed by atoms with Crippen LogP contribution in [0.15, 0.2) is 18.2 Å². The van der Waals surface area contributed by atoms with Crippen molar-refractivity contribution in [1.82, 2.24) is 14.5 Å². The van der Waals surface area contributed by atoms with Gasteiger partial charge in [-0.05, 0) is 42.1 Å². The van der Waals surface area contributed by atoms with E-state index in [2.05, 4.69) is 9.59 Å². The van der Waals surface area contributed by atoms with E-state index in [1.54, 1.807) is 26.2 Å². The van der Waals surface area contributed by atoms with Crippen LogP contribution in [0, 0.1) is 0 Å². The number of aromatic nitrogens is 2. The van der Waals surface area contributed by atoms with Crippen LogP contribution in [-0.4, -0.2) is 48.2 Å². The lowest BCUT2D eigenvalue weighted by Crippen LogP contribution is -2.28. The first-order valence-electron chi connectivity index (χ1n) is 7.38. The zero-order valence-electron chi connectivity index (χ0n) is 13.8. The summed E-state index contributed by atoms with van der Waals surface area (Å²) in [5, 5.41) is 3.99. The molecule has 0 radical (unpaired) electrons. The average Bonchev–Trinajstić information content (AvgIpc) is 3.07. The van der Waals surface area contributed by atoms with Gasteiger partial charge in [-0.2, -0.15) is 0 Å². The first kappa shape index (κ1) is 17.2. The van der Waals surface area contributed by atoms with Gasteiger partial charge in [0, 0.05) is 13.6 Å². The van der Waals surface area contributed by atoms with Gasteiger partial charge in [0.25, 0.3) is 5.91 Å². The molecule has 23 heavy (non-hydrogen) atoms. The first-order chi connectivity index (χ1) is 11.1. The maximum atomic E-state index is 12.4. The third-order valence-corrected chi connectivity index (χ3v) is 4.37. The number of nitrogens with zero attached hydrogens (tertiary/aromatic N) is 3. The Morgan fingerprint density at radius 2 is 2.00 bits per heavy atom. The number of hydrogen-bond donors (Lipinski definition) is 0. The molecule has 2 aromatic rings. The van der Waals surface area contributed by atoms with Crippen LogP contribution in [0.3, 0.4) is 0 Å². The summed E-state index contributed by atoms with van der Waals surface area (Å²) >= 11 is 1.15. The van der Waals surface area contributed by atoms with Gasteiger partial charge in [-0.15, -0.1) is 5.10 Å². The largest absolute Gasteiger partial charge is 0.493 e. The molecule has 0 saturated carbocycles. The van der Waals surface area contributed by atoms with Crippen LogP contribution in [-0.2, 0) is 12.8 Å². The number of rotatable bonds is 7. The lowest BCUT2D eigenvalue weighted by Gasteiger charge is -2.17. The summed E-state index contributed by atoms with van der Waals surface area (Å²) in [6, 6.07) is 5.78. The van der Waals surface area contributed by atoms with Crippen LogP contribution in [0.5, 0.6) is 11.5 Å². The average molecular weight is 335 g/mol. The highest BCUT2D eigenvalue weighted by atomic mass is 32.1. The number of carbonyl (C=O) groups is 1. The Balaban J connectivity index is 2.01. The summed E-state index contributed by atoms with van der Waals surface area (Å²) in [6.45, 7) is 2.58. The Kier molecular flexibility index (Phi) is 5.92. The van der Waals surface area contributed by atoms with Crippen LogP contribution >= 0.6 is 11.5 Å². The fourth-order valence-electron chi connectivity index (χ4n) is 2.21. The first-order valence-corrected chi connectivity index (χ1v) is 8.15. The molecule has 0 aliphatic rings. The van der Waals surface area contributed by atoms with Crippen molar-refractivity contribution >= 4 is 17.4 Å². The minimum absolute atomic E-state index is 0.0303. The van der Waals surface area contributed by atoms with Crippen molar-refractivity contribution < 1.29 is 14.3 Å². The molecule has 0 saturated heterocycles. The van der Waals surface area contributed by atoms with Crippen LogP contribution in [0.25, 0.3) is 0 Å². The highest BCUT2D eigenvalue weighted by Crippen LogP contribution is 2.27. The van der Waals surface area contributed by atoms with Crippen LogP contribution in [0.4, 0.5) is 0 Å². The second-order valence-corrected chi connectivity index (χ2v) is 5.82. The summed E-state index contributed by atoms with van der Waals surface area (Å²) in [5.74, 6) is 1.36. The predicted octanol–water partition coefficient (Wildman–Crippen LogP) is 2.43. The lowest BCUT2D eigenvalue weighted by molar-refractivity contribution is 0.0800. The van der Waals surface area contributed by atoms with Crippen molar-refractivity contribution in [2.45, 2.75) is 19.8 Å². The fraction of sp³-hybridized carbons (Fsp3) is 0.438. The topological polar surface area (TPSA) is 64.6 Å². The van der Waals surface area contributed by atoms with Gasteiger partial charge in [-0.1, -0.05) is 17.5 Å². The van der Waals surface area contributed by atoms with Crippen molar-refractivity contribution in [2.75, 3.05) is 27.8 Å². The van der Waals surface area contributed by atoms with E-state index >= 15 is 0 Å². The minimum Gasteiger partial charge on any atom is -0.493 e. The molecule has 7 heteroatoms. The zero-order chi connectivity index (χ0) is 16.8. The van der Waals surface area contributed by atoms with Crippen LogP contribution < -0.4 is 9.47 Å². The third kappa shape index (κ3) is 3.98. The Morgan fingerprint density at radius 3 is 2.65 bits per heavy atom. The highest BCUT2D eigenvalue weighted by Gasteiger charge is 2.18. The molecule has 124 valence electrons. The SMILES string of the molecule is CCc1nnsc1C(=O)N(C)CCc1ccc(OC)c(OC)c1. The number of benzene rings is 1. The second-order valence-electron chi connectivity index (χ2n) is 5.07. The molecule has 2 rings (SSSR count). The number of methoxy groups -OCH3 is 2. The lowest BCUT2D eigenvalue weighted by atomic mass is 10.1. The standard InChI is InChI=1S/C16H21N3O3S/c1-5-12-15(23-18-17-12)16(20)19(2)9-8-11-6-7-13(21-3)14(10-11)22-4/h6-7,10H,5,8-9H2,1-4H3. The van der Waals surface area contributed by atoms with E-state index < -0.39 is 0 Å². The molecule has 1 aromatic heterocycles. The van der Waals surface area contributed by atoms with E-state index in [0.29, 0.717) is 29.3 Å². The van der Waals surface area contributed by atoms with E-state index in [9.17, 15) is 4.79 Å². The Morgan fingerprint density at radius 1 is 1.26 bits per heavy atom. The van der Waals surface area contributed by atoms with Gasteiger partial charge in [-0.25, -0.2) is 0 Å². The number of likely N-dealkylation sites (N-methyl/N-ethyl adjacent to an activating group) is 1. The van der Waals surface area contributed by atoms with Crippen LogP contribution in [0.1, 0.15) is 27.9 Å². The van der Waals surface area contributed by atoms with E-state index in [0.717, 1.165) is 29.2 Å². The number of ether oxygens (including phenoxy) is 2. The number of aryl methyl sites for hydroxylation is 1. The Labute approximate surface area is 140 Å². The number of carbonyl (C=O) groups excluding carboxylic acids is 1. The van der Waals surface area contributed by atoms with Gasteiger partial charge in [0.1, 0.15) is 4.88 Å². The summed E-state index contributed by atoms with van der Waals surface area (Å²) in [7, 11) is 5.01. The minimum atomic E-state index is -0.0303. The summed E-state index contributed by atoms with van der Waals surface area (Å²) in [4.78, 5) is 14.8. The van der Waals surface area contributed by atoms with E-state index in [1.165, 1.54) is 0 Å². The van der Waals surface area contributed by atoms with Gasteiger partial charge in [-0.3, -0.25) is 4.79 Å². The van der Waals surface area contributed by atoms with Crippen LogP contribution in [0.2, 0.25) is 0 Å². The molecular formula is C16H21N3O3S. The van der Waals surface area contributed by atoms with Crippen molar-refractivity contribution in [3.63, 3.8) is 0 Å². The van der Waals surface area contributed by atoms with Crippen molar-refractivity contribution in [3.8, 4) is 11.5 Å². The summed E-state index contributed by atoms with van der Waals surface area (Å²) < 4.78 is 14.4. The predicted molar refractivity (Wildman–Crippen MR) is 89.5 cm³/mol. The molecule has 0 atom stereocenters. The number of hydrogen-bond acceptors (Lipinski definition) is 6. The van der Waals surface area contributed by atoms with Gasteiger partial charge in [0.2, 0.25) is 0 Å². The summed E-state index contributed by atoms with van der Waals surface area (Å²) in [6.07, 6.45) is 1.44. The normalized spacial score (nSPS) is 10.4. The van der Waals surface area contributed by atoms with E-state index in [-0.39, 0.29) is 5.91 Å². The van der Waals surface area contributed by atoms with Crippen molar-refractivity contribution in [3.05, 3.63) is 34.3 Å². The second kappa shape index (κ2) is 7.92. The molecule has 6 nitrogen and oxygen atoms in total. The van der Waals surface area contributed by atoms with Crippen molar-refractivity contribution in [2.24, 2.45) is 0 Å². The smallest absolute Gasteiger partial charge is 0.267 e. The Hall–Kier alpha value is -2.15. The fourth-order valence-corrected chi connectivity index (χ4v) is 2.96. The van der Waals surface area contributed by atoms with Gasteiger partial charge >= 0.3 is 0 Å². The Bertz CT molecular complexity index is 672. The molecule has 0 unspecified atom stereocenters. The third-order valence-electron chi connectivity index (χ3n) is 3.62. The maximum Gasteiger partial charge on any atom is 0.267 e. The molecule has 1 aromatic carbocycles. The monoisotopic (exact) mass is 335 g/mol. The maximum absolute atomic E-state index is 12.4. The quantitative estimate of drug-likeness (QED) is 0.777. The molecule has 0 bridgehead atoms. The molecule has 0 spiro atoms. The summed E-state index contributed by atoms with van der Waals surface area (Å²) in [5.41, 5.74) is 1.85. The van der Waals surface area contributed by atoms with Crippen molar-refractivity contribution in [1.29, 1.82) is 0 Å². The molecule has 0 aliphatic carbocycles. The molecule has 0 fully saturated rings. The van der Waals surface area contributed by atoms with E-state index in [1.807, 2.05) is 25.1 Å². The highest BCUT2D eigenvalue weighted by molar-refractivity contribution is 7.07. The molecule has 0 N–H and O–H groups in total. The van der Waals surface area contributed by atoms with Gasteiger partial charge in [0.15, 0.2) is 11.5 Å². The molecular weight excluding hydrogens is 314 g/mol. The molecule has 1 amide bonds. The molecule has 0 aliphatic heterocycles. The van der Waals surface area contributed by atoms with E-state index in [4.69, 9.17) is 9.47 Å². The zero-order valence-corrected chi connectivity index (χ0v) is 14.6. The molecule has 1 heterocycles.